The summed E-state index contributed by atoms with van der Waals surface area (Å²) in [5.74, 6) is 0.307. The predicted octanol–water partition coefficient (Wildman–Crippen LogP) is 0.996. The Balaban J connectivity index is 1.83. The molecule has 0 radical (unpaired) electrons. The third-order valence-electron chi connectivity index (χ3n) is 3.55. The van der Waals surface area contributed by atoms with E-state index in [0.717, 1.165) is 25.8 Å². The van der Waals surface area contributed by atoms with Crippen LogP contribution in [-0.4, -0.2) is 48.4 Å². The van der Waals surface area contributed by atoms with Gasteiger partial charge < -0.3 is 10.6 Å². The van der Waals surface area contributed by atoms with Crippen LogP contribution in [0.4, 0.5) is 5.95 Å². The number of anilines is 1. The van der Waals surface area contributed by atoms with Crippen molar-refractivity contribution in [2.24, 2.45) is 0 Å². The van der Waals surface area contributed by atoms with Crippen molar-refractivity contribution < 1.29 is 13.2 Å². The summed E-state index contributed by atoms with van der Waals surface area (Å²) < 4.78 is 22.7. The van der Waals surface area contributed by atoms with E-state index in [2.05, 4.69) is 27.5 Å². The molecule has 1 aromatic heterocycles. The smallest absolute Gasteiger partial charge is 0.254 e. The zero-order chi connectivity index (χ0) is 16.0. The number of hydrogen-bond donors (Lipinski definition) is 2. The molecule has 1 fully saturated rings. The van der Waals surface area contributed by atoms with Crippen molar-refractivity contribution in [1.29, 1.82) is 0 Å². The molecule has 1 amide bonds. The van der Waals surface area contributed by atoms with Crippen LogP contribution in [0.1, 0.15) is 43.0 Å². The van der Waals surface area contributed by atoms with Crippen molar-refractivity contribution in [3.05, 3.63) is 18.0 Å². The van der Waals surface area contributed by atoms with E-state index in [1.54, 1.807) is 0 Å². The average Bonchev–Trinajstić information content (AvgIpc) is 2.83. The van der Waals surface area contributed by atoms with Gasteiger partial charge in [0.05, 0.1) is 17.1 Å². The van der Waals surface area contributed by atoms with E-state index < -0.39 is 9.84 Å². The van der Waals surface area contributed by atoms with Crippen molar-refractivity contribution in [3.63, 3.8) is 0 Å². The number of carbonyl (C=O) groups is 1. The molecule has 1 unspecified atom stereocenters. The van der Waals surface area contributed by atoms with Crippen LogP contribution in [0, 0.1) is 0 Å². The Labute approximate surface area is 130 Å². The molecule has 0 saturated carbocycles. The van der Waals surface area contributed by atoms with Crippen LogP contribution in [0.25, 0.3) is 0 Å². The molecular formula is C14H22N4O3S. The van der Waals surface area contributed by atoms with Crippen LogP contribution in [0.2, 0.25) is 0 Å². The number of hydrogen-bond acceptors (Lipinski definition) is 6. The van der Waals surface area contributed by atoms with Gasteiger partial charge in [0.2, 0.25) is 5.95 Å². The first-order chi connectivity index (χ1) is 10.5. The Kier molecular flexibility index (Phi) is 5.70. The van der Waals surface area contributed by atoms with Crippen molar-refractivity contribution in [2.45, 2.75) is 38.6 Å². The Hall–Kier alpha value is -1.70. The quantitative estimate of drug-likeness (QED) is 0.725. The maximum Gasteiger partial charge on any atom is 0.254 e. The van der Waals surface area contributed by atoms with Crippen LogP contribution in [0.15, 0.2) is 12.4 Å². The standard InChI is InChI=1S/C14H22N4O3S/c1-2-3-4-6-15-14-16-8-11(9-17-14)13(19)18-12-5-7-22(20,21)10-12/h8-9,12H,2-7,10H2,1H3,(H,18,19)(H,15,16,17). The number of nitrogens with zero attached hydrogens (tertiary/aromatic N) is 2. The highest BCUT2D eigenvalue weighted by Gasteiger charge is 2.29. The number of aromatic nitrogens is 2. The molecule has 2 N–H and O–H groups in total. The molecule has 0 spiro atoms. The van der Waals surface area contributed by atoms with E-state index >= 15 is 0 Å². The molecule has 0 aromatic carbocycles. The van der Waals surface area contributed by atoms with Gasteiger partial charge in [-0.15, -0.1) is 0 Å². The van der Waals surface area contributed by atoms with E-state index in [9.17, 15) is 13.2 Å². The lowest BCUT2D eigenvalue weighted by molar-refractivity contribution is 0.0940. The molecule has 8 heteroatoms. The number of rotatable bonds is 7. The Morgan fingerprint density at radius 1 is 1.32 bits per heavy atom. The molecule has 1 aromatic rings. The summed E-state index contributed by atoms with van der Waals surface area (Å²) in [6.07, 6.45) is 6.72. The number of amides is 1. The fraction of sp³-hybridized carbons (Fsp3) is 0.643. The molecule has 0 aliphatic carbocycles. The topological polar surface area (TPSA) is 101 Å². The SMILES string of the molecule is CCCCCNc1ncc(C(=O)NC2CCS(=O)(=O)C2)cn1. The fourth-order valence-electron chi connectivity index (χ4n) is 2.29. The third-order valence-corrected chi connectivity index (χ3v) is 5.31. The van der Waals surface area contributed by atoms with Gasteiger partial charge >= 0.3 is 0 Å². The van der Waals surface area contributed by atoms with Crippen LogP contribution in [-0.2, 0) is 9.84 Å². The number of carbonyl (C=O) groups excluding carboxylic acids is 1. The van der Waals surface area contributed by atoms with Crippen LogP contribution in [0.3, 0.4) is 0 Å². The maximum atomic E-state index is 12.0. The van der Waals surface area contributed by atoms with Crippen molar-refractivity contribution >= 4 is 21.7 Å². The summed E-state index contributed by atoms with van der Waals surface area (Å²) in [6, 6.07) is -0.315. The summed E-state index contributed by atoms with van der Waals surface area (Å²) >= 11 is 0. The molecule has 2 rings (SSSR count). The van der Waals surface area contributed by atoms with Crippen LogP contribution < -0.4 is 10.6 Å². The van der Waals surface area contributed by atoms with Crippen molar-refractivity contribution in [2.75, 3.05) is 23.4 Å². The molecule has 22 heavy (non-hydrogen) atoms. The second-order valence-electron chi connectivity index (χ2n) is 5.50. The van der Waals surface area contributed by atoms with E-state index in [1.807, 2.05) is 0 Å². The lowest BCUT2D eigenvalue weighted by atomic mass is 10.2. The molecule has 122 valence electrons. The van der Waals surface area contributed by atoms with E-state index in [0.29, 0.717) is 17.9 Å². The van der Waals surface area contributed by atoms with Crippen LogP contribution in [0.5, 0.6) is 0 Å². The number of nitrogens with one attached hydrogen (secondary N) is 2. The number of sulfone groups is 1. The van der Waals surface area contributed by atoms with Gasteiger partial charge in [-0.3, -0.25) is 4.79 Å². The third kappa shape index (κ3) is 4.94. The van der Waals surface area contributed by atoms with Gasteiger partial charge in [0, 0.05) is 25.0 Å². The monoisotopic (exact) mass is 326 g/mol. The normalized spacial score (nSPS) is 19.8. The van der Waals surface area contributed by atoms with Gasteiger partial charge in [0.15, 0.2) is 9.84 Å². The van der Waals surface area contributed by atoms with Gasteiger partial charge in [-0.25, -0.2) is 18.4 Å². The van der Waals surface area contributed by atoms with Gasteiger partial charge in [-0.2, -0.15) is 0 Å². The summed E-state index contributed by atoms with van der Waals surface area (Å²) in [6.45, 7) is 2.94. The largest absolute Gasteiger partial charge is 0.354 e. The van der Waals surface area contributed by atoms with E-state index in [1.165, 1.54) is 12.4 Å². The molecular weight excluding hydrogens is 304 g/mol. The van der Waals surface area contributed by atoms with E-state index in [4.69, 9.17) is 0 Å². The Bertz CT molecular complexity index is 601. The summed E-state index contributed by atoms with van der Waals surface area (Å²) in [4.78, 5) is 20.2. The van der Waals surface area contributed by atoms with E-state index in [-0.39, 0.29) is 23.5 Å². The lowest BCUT2D eigenvalue weighted by Gasteiger charge is -2.10. The molecule has 0 bridgehead atoms. The zero-order valence-electron chi connectivity index (χ0n) is 12.7. The van der Waals surface area contributed by atoms with Crippen LogP contribution >= 0.6 is 0 Å². The lowest BCUT2D eigenvalue weighted by Crippen LogP contribution is -2.35. The predicted molar refractivity (Wildman–Crippen MR) is 84.6 cm³/mol. The minimum absolute atomic E-state index is 0.0106. The fourth-order valence-corrected chi connectivity index (χ4v) is 3.96. The first-order valence-electron chi connectivity index (χ1n) is 7.57. The number of unbranched alkanes of at least 4 members (excludes halogenated alkanes) is 2. The molecule has 1 saturated heterocycles. The zero-order valence-corrected chi connectivity index (χ0v) is 13.5. The highest BCUT2D eigenvalue weighted by atomic mass is 32.2. The highest BCUT2D eigenvalue weighted by Crippen LogP contribution is 2.12. The molecule has 7 nitrogen and oxygen atoms in total. The Morgan fingerprint density at radius 3 is 2.64 bits per heavy atom. The first kappa shape index (κ1) is 16.7. The molecule has 1 aliphatic rings. The summed E-state index contributed by atoms with van der Waals surface area (Å²) in [5, 5.41) is 5.81. The van der Waals surface area contributed by atoms with Gasteiger partial charge in [-0.05, 0) is 12.8 Å². The highest BCUT2D eigenvalue weighted by molar-refractivity contribution is 7.91. The summed E-state index contributed by atoms with van der Waals surface area (Å²) in [7, 11) is -3.00. The van der Waals surface area contributed by atoms with Gasteiger partial charge in [-0.1, -0.05) is 19.8 Å². The minimum atomic E-state index is -3.00. The average molecular weight is 326 g/mol. The van der Waals surface area contributed by atoms with Crippen molar-refractivity contribution in [3.8, 4) is 0 Å². The van der Waals surface area contributed by atoms with Gasteiger partial charge in [0.1, 0.15) is 0 Å². The second-order valence-corrected chi connectivity index (χ2v) is 7.73. The first-order valence-corrected chi connectivity index (χ1v) is 9.39. The Morgan fingerprint density at radius 2 is 2.05 bits per heavy atom. The van der Waals surface area contributed by atoms with Crippen molar-refractivity contribution in [1.82, 2.24) is 15.3 Å². The minimum Gasteiger partial charge on any atom is -0.354 e. The molecule has 1 atom stereocenters. The van der Waals surface area contributed by atoms with Gasteiger partial charge in [0.25, 0.3) is 5.91 Å². The summed E-state index contributed by atoms with van der Waals surface area (Å²) in [5.41, 5.74) is 0.336. The second kappa shape index (κ2) is 7.53. The molecule has 2 heterocycles. The molecule has 1 aliphatic heterocycles. The maximum absolute atomic E-state index is 12.0.